The van der Waals surface area contributed by atoms with Crippen LogP contribution in [0.2, 0.25) is 5.02 Å². The summed E-state index contributed by atoms with van der Waals surface area (Å²) >= 11 is 6.08. The zero-order valence-electron chi connectivity index (χ0n) is 17.9. The predicted octanol–water partition coefficient (Wildman–Crippen LogP) is 5.07. The van der Waals surface area contributed by atoms with Gasteiger partial charge >= 0.3 is 0 Å². The fourth-order valence-corrected chi connectivity index (χ4v) is 4.66. The maximum Gasteiger partial charge on any atom is 0.223 e. The number of pyridine rings is 2. The van der Waals surface area contributed by atoms with E-state index in [1.165, 1.54) is 0 Å². The minimum Gasteiger partial charge on any atom is -0.334 e. The van der Waals surface area contributed by atoms with Gasteiger partial charge in [0.05, 0.1) is 17.4 Å². The molecule has 0 aliphatic carbocycles. The number of benzene rings is 1. The lowest BCUT2D eigenvalue weighted by Crippen LogP contribution is -2.31. The molecule has 32 heavy (non-hydrogen) atoms. The highest BCUT2D eigenvalue weighted by Gasteiger charge is 2.31. The van der Waals surface area contributed by atoms with E-state index < -0.39 is 0 Å². The fraction of sp³-hybridized carbons (Fsp3) is 0.280. The lowest BCUT2D eigenvalue weighted by molar-refractivity contribution is -0.132. The summed E-state index contributed by atoms with van der Waals surface area (Å²) in [5.74, 6) is 0.889. The van der Waals surface area contributed by atoms with Gasteiger partial charge in [0.15, 0.2) is 11.5 Å². The topological polar surface area (TPSA) is 63.9 Å². The molecule has 3 aromatic heterocycles. The predicted molar refractivity (Wildman–Crippen MR) is 125 cm³/mol. The van der Waals surface area contributed by atoms with Gasteiger partial charge in [-0.05, 0) is 68.1 Å². The van der Waals surface area contributed by atoms with Crippen molar-refractivity contribution in [2.75, 3.05) is 6.54 Å². The highest BCUT2D eigenvalue weighted by Crippen LogP contribution is 2.33. The van der Waals surface area contributed by atoms with Crippen molar-refractivity contribution in [2.24, 2.45) is 0 Å². The standard InChI is InChI=1S/C25H24ClN5O/c1-17-20-11-12-21(28-25(20)31(29-17)23-9-2-3-14-27-23)22-8-5-15-30(22)24(32)13-10-18-6-4-7-19(26)16-18/h2-4,6-7,9,11-12,14,16,22H,5,8,10,13,15H2,1H3/t22-/m0/s1. The van der Waals surface area contributed by atoms with Crippen LogP contribution < -0.4 is 0 Å². The molecule has 0 saturated carbocycles. The van der Waals surface area contributed by atoms with E-state index >= 15 is 0 Å². The largest absolute Gasteiger partial charge is 0.334 e. The second kappa shape index (κ2) is 8.71. The number of hydrogen-bond acceptors (Lipinski definition) is 4. The van der Waals surface area contributed by atoms with Gasteiger partial charge in [-0.1, -0.05) is 29.8 Å². The van der Waals surface area contributed by atoms with Gasteiger partial charge in [-0.15, -0.1) is 0 Å². The Balaban J connectivity index is 1.40. The lowest BCUT2D eigenvalue weighted by atomic mass is 10.1. The first-order valence-corrected chi connectivity index (χ1v) is 11.3. The van der Waals surface area contributed by atoms with Crippen LogP contribution in [0.5, 0.6) is 0 Å². The van der Waals surface area contributed by atoms with E-state index in [0.29, 0.717) is 17.9 Å². The van der Waals surface area contributed by atoms with Crippen molar-refractivity contribution >= 4 is 28.5 Å². The maximum absolute atomic E-state index is 13.1. The van der Waals surface area contributed by atoms with Crippen molar-refractivity contribution in [3.05, 3.63) is 82.8 Å². The Morgan fingerprint density at radius 1 is 1.16 bits per heavy atom. The van der Waals surface area contributed by atoms with Crippen LogP contribution in [0.25, 0.3) is 16.9 Å². The Hall–Kier alpha value is -3.25. The monoisotopic (exact) mass is 445 g/mol. The Kier molecular flexibility index (Phi) is 5.62. The van der Waals surface area contributed by atoms with Crippen molar-refractivity contribution in [1.82, 2.24) is 24.6 Å². The van der Waals surface area contributed by atoms with E-state index in [-0.39, 0.29) is 11.9 Å². The van der Waals surface area contributed by atoms with E-state index in [1.54, 1.807) is 10.9 Å². The van der Waals surface area contributed by atoms with Crippen LogP contribution in [0.1, 0.15) is 42.3 Å². The van der Waals surface area contributed by atoms with Crippen LogP contribution in [-0.2, 0) is 11.2 Å². The summed E-state index contributed by atoms with van der Waals surface area (Å²) in [5.41, 5.74) is 3.67. The van der Waals surface area contributed by atoms with E-state index in [4.69, 9.17) is 16.6 Å². The van der Waals surface area contributed by atoms with Crippen molar-refractivity contribution in [2.45, 2.75) is 38.6 Å². The molecule has 1 aliphatic rings. The number of carbonyl (C=O) groups excluding carboxylic acids is 1. The zero-order chi connectivity index (χ0) is 22.1. The minimum atomic E-state index is -0.0151. The summed E-state index contributed by atoms with van der Waals surface area (Å²) in [4.78, 5) is 24.5. The molecule has 1 saturated heterocycles. The van der Waals surface area contributed by atoms with Gasteiger partial charge in [-0.2, -0.15) is 9.78 Å². The number of halogens is 1. The third kappa shape index (κ3) is 3.98. The van der Waals surface area contributed by atoms with Gasteiger partial charge in [0.25, 0.3) is 0 Å². The van der Waals surface area contributed by atoms with Crippen molar-refractivity contribution < 1.29 is 4.79 Å². The third-order valence-corrected chi connectivity index (χ3v) is 6.27. The van der Waals surface area contributed by atoms with Crippen LogP contribution in [0.15, 0.2) is 60.8 Å². The molecule has 0 bridgehead atoms. The molecule has 1 aliphatic heterocycles. The van der Waals surface area contributed by atoms with E-state index in [9.17, 15) is 4.79 Å². The van der Waals surface area contributed by atoms with Gasteiger partial charge in [-0.25, -0.2) is 9.97 Å². The molecule has 6 nitrogen and oxygen atoms in total. The van der Waals surface area contributed by atoms with Crippen molar-refractivity contribution in [3.8, 4) is 5.82 Å². The molecule has 0 unspecified atom stereocenters. The summed E-state index contributed by atoms with van der Waals surface area (Å²) < 4.78 is 1.79. The molecule has 0 N–H and O–H groups in total. The summed E-state index contributed by atoms with van der Waals surface area (Å²) in [6.07, 6.45) is 4.79. The number of hydrogen-bond donors (Lipinski definition) is 0. The highest BCUT2D eigenvalue weighted by molar-refractivity contribution is 6.30. The SMILES string of the molecule is Cc1nn(-c2ccccn2)c2nc([C@@H]3CCCN3C(=O)CCc3cccc(Cl)c3)ccc12. The van der Waals surface area contributed by atoms with E-state index in [2.05, 4.69) is 16.1 Å². The maximum atomic E-state index is 13.1. The van der Waals surface area contributed by atoms with Crippen molar-refractivity contribution in [1.29, 1.82) is 0 Å². The number of aryl methyl sites for hydroxylation is 2. The first-order chi connectivity index (χ1) is 15.6. The molecule has 7 heteroatoms. The first-order valence-electron chi connectivity index (χ1n) is 10.9. The average molecular weight is 446 g/mol. The summed E-state index contributed by atoms with van der Waals surface area (Å²) in [6.45, 7) is 2.74. The fourth-order valence-electron chi connectivity index (χ4n) is 4.44. The van der Waals surface area contributed by atoms with Crippen molar-refractivity contribution in [3.63, 3.8) is 0 Å². The van der Waals surface area contributed by atoms with Gasteiger partial charge < -0.3 is 4.90 Å². The summed E-state index contributed by atoms with van der Waals surface area (Å²) in [6, 6.07) is 17.5. The summed E-state index contributed by atoms with van der Waals surface area (Å²) in [7, 11) is 0. The molecule has 1 aromatic carbocycles. The van der Waals surface area contributed by atoms with Crippen LogP contribution >= 0.6 is 11.6 Å². The van der Waals surface area contributed by atoms with Gasteiger partial charge in [0.2, 0.25) is 5.91 Å². The summed E-state index contributed by atoms with van der Waals surface area (Å²) in [5, 5.41) is 6.35. The third-order valence-electron chi connectivity index (χ3n) is 6.03. The van der Waals surface area contributed by atoms with Crippen LogP contribution in [-0.4, -0.2) is 37.1 Å². The molecule has 4 aromatic rings. The van der Waals surface area contributed by atoms with Crippen LogP contribution in [0, 0.1) is 6.92 Å². The quantitative estimate of drug-likeness (QED) is 0.430. The second-order valence-electron chi connectivity index (χ2n) is 8.17. The molecular formula is C25H24ClN5O. The number of likely N-dealkylation sites (tertiary alicyclic amines) is 1. The van der Waals surface area contributed by atoms with Crippen LogP contribution in [0.4, 0.5) is 0 Å². The van der Waals surface area contributed by atoms with E-state index in [0.717, 1.165) is 53.2 Å². The number of fused-ring (bicyclic) bond motifs is 1. The number of rotatable bonds is 5. The Morgan fingerprint density at radius 3 is 2.88 bits per heavy atom. The lowest BCUT2D eigenvalue weighted by Gasteiger charge is -2.24. The Morgan fingerprint density at radius 2 is 2.06 bits per heavy atom. The zero-order valence-corrected chi connectivity index (χ0v) is 18.7. The molecule has 0 spiro atoms. The van der Waals surface area contributed by atoms with E-state index in [1.807, 2.05) is 60.4 Å². The molecule has 1 amide bonds. The normalized spacial score (nSPS) is 16.1. The average Bonchev–Trinajstić information content (AvgIpc) is 3.43. The second-order valence-corrected chi connectivity index (χ2v) is 8.60. The number of amides is 1. The molecule has 5 rings (SSSR count). The Bertz CT molecular complexity index is 1270. The number of carbonyl (C=O) groups is 1. The molecule has 4 heterocycles. The highest BCUT2D eigenvalue weighted by atomic mass is 35.5. The minimum absolute atomic E-state index is 0.0151. The van der Waals surface area contributed by atoms with Gasteiger partial charge in [0, 0.05) is 29.6 Å². The first kappa shape index (κ1) is 20.6. The van der Waals surface area contributed by atoms with Gasteiger partial charge in [-0.3, -0.25) is 4.79 Å². The molecule has 162 valence electrons. The molecule has 1 fully saturated rings. The molecule has 1 atom stereocenters. The van der Waals surface area contributed by atoms with Crippen LogP contribution in [0.3, 0.4) is 0 Å². The Labute approximate surface area is 191 Å². The smallest absolute Gasteiger partial charge is 0.223 e. The molecular weight excluding hydrogens is 422 g/mol. The van der Waals surface area contributed by atoms with Gasteiger partial charge in [0.1, 0.15) is 0 Å². The number of aromatic nitrogens is 4. The number of nitrogens with zero attached hydrogens (tertiary/aromatic N) is 5. The molecule has 0 radical (unpaired) electrons.